The molecule has 0 fully saturated rings. The van der Waals surface area contributed by atoms with E-state index in [4.69, 9.17) is 5.73 Å². The number of carboxylic acid groups (broad SMARTS) is 1. The molecule has 27 heavy (non-hydrogen) atoms. The Morgan fingerprint density at radius 3 is 2.37 bits per heavy atom. The Morgan fingerprint density at radius 2 is 1.70 bits per heavy atom. The number of nitrogens with one attached hydrogen (secondary N) is 1. The third-order valence-electron chi connectivity index (χ3n) is 4.32. The molecule has 0 aliphatic carbocycles. The van der Waals surface area contributed by atoms with Gasteiger partial charge in [-0.05, 0) is 36.1 Å². The number of benzene rings is 2. The number of amides is 1. The van der Waals surface area contributed by atoms with Crippen LogP contribution in [-0.2, 0) is 11.3 Å². The first-order valence-electron chi connectivity index (χ1n) is 8.81. The van der Waals surface area contributed by atoms with Crippen LogP contribution in [0.1, 0.15) is 36.2 Å². The molecule has 0 radical (unpaired) electrons. The zero-order valence-corrected chi connectivity index (χ0v) is 15.3. The van der Waals surface area contributed by atoms with Gasteiger partial charge in [0, 0.05) is 6.54 Å². The smallest absolute Gasteiger partial charge is 0.337 e. The Bertz CT molecular complexity index is 1020. The molecule has 0 saturated heterocycles. The van der Waals surface area contributed by atoms with Crippen molar-refractivity contribution in [3.8, 4) is 0 Å². The van der Waals surface area contributed by atoms with Crippen molar-refractivity contribution in [3.63, 3.8) is 0 Å². The number of hydrogen-bond donors (Lipinski definition) is 3. The van der Waals surface area contributed by atoms with Crippen LogP contribution in [0, 0.1) is 5.92 Å². The van der Waals surface area contributed by atoms with Crippen molar-refractivity contribution >= 4 is 33.9 Å². The molecule has 1 amide bonds. The van der Waals surface area contributed by atoms with E-state index in [-0.39, 0.29) is 18.0 Å². The standard InChI is InChI=1S/C20H22N4O3/c1-11(2)9-14(21)19(25)22-10-12-5-3-7-15-17(12)23-16-8-4-6-13(20(26)27)18(16)24-15/h3-8,11,14H,9-10,21H2,1-2H3,(H,22,25)(H,26,27)/t14-/m0/s1. The summed E-state index contributed by atoms with van der Waals surface area (Å²) in [7, 11) is 0. The van der Waals surface area contributed by atoms with Crippen molar-refractivity contribution in [3.05, 3.63) is 47.5 Å². The van der Waals surface area contributed by atoms with Gasteiger partial charge in [0.05, 0.1) is 28.2 Å². The summed E-state index contributed by atoms with van der Waals surface area (Å²) in [6, 6.07) is 9.76. The highest BCUT2D eigenvalue weighted by atomic mass is 16.4. The molecule has 1 aromatic heterocycles. The molecule has 0 spiro atoms. The van der Waals surface area contributed by atoms with Crippen molar-refractivity contribution in [1.82, 2.24) is 15.3 Å². The lowest BCUT2D eigenvalue weighted by Crippen LogP contribution is -2.41. The highest BCUT2D eigenvalue weighted by molar-refractivity contribution is 6.02. The molecule has 1 atom stereocenters. The number of para-hydroxylation sites is 2. The highest BCUT2D eigenvalue weighted by Crippen LogP contribution is 2.22. The van der Waals surface area contributed by atoms with Crippen molar-refractivity contribution in [2.45, 2.75) is 32.9 Å². The third-order valence-corrected chi connectivity index (χ3v) is 4.32. The predicted octanol–water partition coefficient (Wildman–Crippen LogP) is 2.47. The lowest BCUT2D eigenvalue weighted by atomic mass is 10.0. The van der Waals surface area contributed by atoms with Crippen molar-refractivity contribution < 1.29 is 14.7 Å². The fourth-order valence-corrected chi connectivity index (χ4v) is 3.02. The Hall–Kier alpha value is -3.06. The molecule has 0 aliphatic heterocycles. The number of aromatic carboxylic acids is 1. The molecular formula is C20H22N4O3. The first-order valence-corrected chi connectivity index (χ1v) is 8.81. The Morgan fingerprint density at radius 1 is 1.07 bits per heavy atom. The van der Waals surface area contributed by atoms with Gasteiger partial charge in [-0.3, -0.25) is 4.79 Å². The summed E-state index contributed by atoms with van der Waals surface area (Å²) in [6.07, 6.45) is 0.615. The van der Waals surface area contributed by atoms with Crippen LogP contribution in [0.15, 0.2) is 36.4 Å². The summed E-state index contributed by atoms with van der Waals surface area (Å²) in [5.74, 6) is -0.914. The Kier molecular flexibility index (Phi) is 5.32. The predicted molar refractivity (Wildman–Crippen MR) is 103 cm³/mol. The van der Waals surface area contributed by atoms with E-state index in [0.29, 0.717) is 34.4 Å². The van der Waals surface area contributed by atoms with Gasteiger partial charge in [-0.1, -0.05) is 32.0 Å². The summed E-state index contributed by atoms with van der Waals surface area (Å²) >= 11 is 0. The van der Waals surface area contributed by atoms with Crippen LogP contribution in [0.4, 0.5) is 0 Å². The molecule has 3 aromatic rings. The SMILES string of the molecule is CC(C)C[C@H](N)C(=O)NCc1cccc2nc3c(C(=O)O)cccc3nc12. The van der Waals surface area contributed by atoms with Crippen LogP contribution in [-0.4, -0.2) is 33.0 Å². The first-order chi connectivity index (χ1) is 12.9. The van der Waals surface area contributed by atoms with Crippen LogP contribution in [0.25, 0.3) is 22.1 Å². The van der Waals surface area contributed by atoms with Crippen LogP contribution in [0.3, 0.4) is 0 Å². The van der Waals surface area contributed by atoms with Crippen LogP contribution < -0.4 is 11.1 Å². The van der Waals surface area contributed by atoms with Crippen LogP contribution in [0.2, 0.25) is 0 Å². The minimum absolute atomic E-state index is 0.111. The molecule has 0 bridgehead atoms. The molecule has 2 aromatic carbocycles. The number of nitrogens with two attached hydrogens (primary N) is 1. The Balaban J connectivity index is 1.93. The second-order valence-electron chi connectivity index (χ2n) is 6.94. The quantitative estimate of drug-likeness (QED) is 0.577. The van der Waals surface area contributed by atoms with Gasteiger partial charge in [-0.25, -0.2) is 14.8 Å². The van der Waals surface area contributed by atoms with Gasteiger partial charge in [0.25, 0.3) is 0 Å². The number of carboxylic acids is 1. The summed E-state index contributed by atoms with van der Waals surface area (Å²) in [4.78, 5) is 32.7. The molecule has 7 heteroatoms. The average Bonchev–Trinajstić information content (AvgIpc) is 2.63. The normalized spacial score (nSPS) is 12.4. The molecule has 140 valence electrons. The number of aromatic nitrogens is 2. The molecule has 0 aliphatic rings. The maximum Gasteiger partial charge on any atom is 0.337 e. The zero-order valence-electron chi connectivity index (χ0n) is 15.3. The summed E-state index contributed by atoms with van der Waals surface area (Å²) in [5, 5.41) is 12.2. The molecule has 4 N–H and O–H groups in total. The molecular weight excluding hydrogens is 344 g/mol. The molecule has 7 nitrogen and oxygen atoms in total. The van der Waals surface area contributed by atoms with Gasteiger partial charge < -0.3 is 16.2 Å². The lowest BCUT2D eigenvalue weighted by Gasteiger charge is -2.14. The molecule has 0 saturated carbocycles. The number of carbonyl (C=O) groups excluding carboxylic acids is 1. The van der Waals surface area contributed by atoms with Gasteiger partial charge in [0.1, 0.15) is 5.52 Å². The second kappa shape index (κ2) is 7.67. The van der Waals surface area contributed by atoms with Crippen LogP contribution in [0.5, 0.6) is 0 Å². The van der Waals surface area contributed by atoms with Crippen molar-refractivity contribution in [2.75, 3.05) is 0 Å². The van der Waals surface area contributed by atoms with E-state index in [1.54, 1.807) is 18.2 Å². The second-order valence-corrected chi connectivity index (χ2v) is 6.94. The highest BCUT2D eigenvalue weighted by Gasteiger charge is 2.16. The number of nitrogens with zero attached hydrogens (tertiary/aromatic N) is 2. The van der Waals surface area contributed by atoms with Crippen molar-refractivity contribution in [2.24, 2.45) is 11.7 Å². The summed E-state index contributed by atoms with van der Waals surface area (Å²) in [6.45, 7) is 4.31. The topological polar surface area (TPSA) is 118 Å². The average molecular weight is 366 g/mol. The maximum atomic E-state index is 12.2. The third kappa shape index (κ3) is 4.03. The fourth-order valence-electron chi connectivity index (χ4n) is 3.02. The van der Waals surface area contributed by atoms with Gasteiger partial charge in [0.15, 0.2) is 0 Å². The van der Waals surface area contributed by atoms with E-state index in [9.17, 15) is 14.7 Å². The van der Waals surface area contributed by atoms with E-state index < -0.39 is 12.0 Å². The van der Waals surface area contributed by atoms with Crippen molar-refractivity contribution in [1.29, 1.82) is 0 Å². The summed E-state index contributed by atoms with van der Waals surface area (Å²) in [5.41, 5.74) is 8.88. The van der Waals surface area contributed by atoms with E-state index in [2.05, 4.69) is 15.3 Å². The molecule has 0 unspecified atom stereocenters. The van der Waals surface area contributed by atoms with E-state index in [1.165, 1.54) is 6.07 Å². The number of rotatable bonds is 6. The fraction of sp³-hybridized carbons (Fsp3) is 0.300. The zero-order chi connectivity index (χ0) is 19.6. The lowest BCUT2D eigenvalue weighted by molar-refractivity contribution is -0.122. The van der Waals surface area contributed by atoms with Crippen LogP contribution >= 0.6 is 0 Å². The number of hydrogen-bond acceptors (Lipinski definition) is 5. The van der Waals surface area contributed by atoms with Gasteiger partial charge in [-0.2, -0.15) is 0 Å². The molecule has 1 heterocycles. The minimum atomic E-state index is -1.04. The minimum Gasteiger partial charge on any atom is -0.478 e. The monoisotopic (exact) mass is 366 g/mol. The molecule has 3 rings (SSSR count). The first kappa shape index (κ1) is 18.7. The van der Waals surface area contributed by atoms with E-state index in [1.807, 2.05) is 26.0 Å². The maximum absolute atomic E-state index is 12.2. The van der Waals surface area contributed by atoms with Gasteiger partial charge in [0.2, 0.25) is 5.91 Å². The van der Waals surface area contributed by atoms with Gasteiger partial charge >= 0.3 is 5.97 Å². The Labute approximate surface area is 156 Å². The van der Waals surface area contributed by atoms with E-state index >= 15 is 0 Å². The largest absolute Gasteiger partial charge is 0.478 e. The summed E-state index contributed by atoms with van der Waals surface area (Å²) < 4.78 is 0. The number of fused-ring (bicyclic) bond motifs is 2. The van der Waals surface area contributed by atoms with E-state index in [0.717, 1.165) is 5.56 Å². The van der Waals surface area contributed by atoms with Gasteiger partial charge in [-0.15, -0.1) is 0 Å². The number of carbonyl (C=O) groups is 2.